The fourth-order valence-electron chi connectivity index (χ4n) is 1.61. The van der Waals surface area contributed by atoms with E-state index in [1.54, 1.807) is 0 Å². The average Bonchev–Trinajstić information content (AvgIpc) is 2.42. The van der Waals surface area contributed by atoms with Gasteiger partial charge >= 0.3 is 0 Å². The van der Waals surface area contributed by atoms with Gasteiger partial charge in [0.25, 0.3) is 0 Å². The molecule has 0 bridgehead atoms. The number of rotatable bonds is 3. The van der Waals surface area contributed by atoms with Gasteiger partial charge in [0.1, 0.15) is 0 Å². The molecule has 0 saturated carbocycles. The third kappa shape index (κ3) is 2.58. The van der Waals surface area contributed by atoms with E-state index < -0.39 is 0 Å². The van der Waals surface area contributed by atoms with E-state index in [2.05, 4.69) is 37.4 Å². The second kappa shape index (κ2) is 4.13. The van der Waals surface area contributed by atoms with Crippen LogP contribution in [-0.2, 0) is 18.9 Å². The van der Waals surface area contributed by atoms with Crippen molar-refractivity contribution in [1.82, 2.24) is 15.1 Å². The molecular formula is C11H21N3. The van der Waals surface area contributed by atoms with E-state index >= 15 is 0 Å². The summed E-state index contributed by atoms with van der Waals surface area (Å²) in [6.45, 7) is 7.63. The zero-order chi connectivity index (χ0) is 10.8. The quantitative estimate of drug-likeness (QED) is 0.791. The Morgan fingerprint density at radius 1 is 1.43 bits per heavy atom. The predicted molar refractivity (Wildman–Crippen MR) is 59.5 cm³/mol. The lowest BCUT2D eigenvalue weighted by Gasteiger charge is -2.17. The summed E-state index contributed by atoms with van der Waals surface area (Å²) >= 11 is 0. The predicted octanol–water partition coefficient (Wildman–Crippen LogP) is 1.48. The van der Waals surface area contributed by atoms with Gasteiger partial charge in [-0.05, 0) is 25.6 Å². The Labute approximate surface area is 86.5 Å². The number of aromatic nitrogens is 2. The summed E-state index contributed by atoms with van der Waals surface area (Å²) in [5.41, 5.74) is 2.72. The maximum absolute atomic E-state index is 4.52. The van der Waals surface area contributed by atoms with Crippen LogP contribution < -0.4 is 5.32 Å². The van der Waals surface area contributed by atoms with Gasteiger partial charge in [-0.15, -0.1) is 0 Å². The van der Waals surface area contributed by atoms with Gasteiger partial charge in [-0.1, -0.05) is 20.8 Å². The van der Waals surface area contributed by atoms with Crippen molar-refractivity contribution in [3.63, 3.8) is 0 Å². The van der Waals surface area contributed by atoms with Crippen molar-refractivity contribution in [3.8, 4) is 0 Å². The van der Waals surface area contributed by atoms with E-state index in [-0.39, 0.29) is 5.41 Å². The zero-order valence-corrected chi connectivity index (χ0v) is 9.89. The molecule has 0 saturated heterocycles. The largest absolute Gasteiger partial charge is 0.319 e. The minimum absolute atomic E-state index is 0.143. The molecule has 1 aromatic rings. The second-order valence-electron chi connectivity index (χ2n) is 4.78. The van der Waals surface area contributed by atoms with Crippen molar-refractivity contribution >= 4 is 0 Å². The van der Waals surface area contributed by atoms with E-state index in [4.69, 9.17) is 0 Å². The van der Waals surface area contributed by atoms with Gasteiger partial charge in [0.2, 0.25) is 0 Å². The maximum atomic E-state index is 4.52. The number of nitrogens with zero attached hydrogens (tertiary/aromatic N) is 2. The first-order chi connectivity index (χ1) is 6.45. The van der Waals surface area contributed by atoms with E-state index in [1.165, 1.54) is 11.3 Å². The molecule has 1 rings (SSSR count). The highest BCUT2D eigenvalue weighted by Crippen LogP contribution is 2.24. The lowest BCUT2D eigenvalue weighted by Crippen LogP contribution is -2.17. The molecule has 0 radical (unpaired) electrons. The van der Waals surface area contributed by atoms with Crippen molar-refractivity contribution in [2.75, 3.05) is 13.6 Å². The molecule has 3 nitrogen and oxygen atoms in total. The van der Waals surface area contributed by atoms with E-state index in [0.717, 1.165) is 13.0 Å². The van der Waals surface area contributed by atoms with Gasteiger partial charge in [0.15, 0.2) is 0 Å². The summed E-state index contributed by atoms with van der Waals surface area (Å²) in [6.07, 6.45) is 3.18. The summed E-state index contributed by atoms with van der Waals surface area (Å²) in [6, 6.07) is 0. The second-order valence-corrected chi connectivity index (χ2v) is 4.78. The molecule has 0 amide bonds. The lowest BCUT2D eigenvalue weighted by molar-refractivity contribution is 0.547. The first-order valence-electron chi connectivity index (χ1n) is 5.12. The van der Waals surface area contributed by atoms with Crippen LogP contribution >= 0.6 is 0 Å². The normalized spacial score (nSPS) is 12.1. The van der Waals surface area contributed by atoms with Crippen LogP contribution in [0, 0.1) is 0 Å². The van der Waals surface area contributed by atoms with Gasteiger partial charge in [-0.3, -0.25) is 4.68 Å². The molecule has 0 fully saturated rings. The van der Waals surface area contributed by atoms with E-state index in [0.29, 0.717) is 0 Å². The minimum Gasteiger partial charge on any atom is -0.319 e. The van der Waals surface area contributed by atoms with Crippen LogP contribution in [0.2, 0.25) is 0 Å². The van der Waals surface area contributed by atoms with Crippen LogP contribution in [0.4, 0.5) is 0 Å². The van der Waals surface area contributed by atoms with Crippen molar-refractivity contribution in [2.24, 2.45) is 7.05 Å². The van der Waals surface area contributed by atoms with Crippen LogP contribution in [-0.4, -0.2) is 23.4 Å². The van der Waals surface area contributed by atoms with Crippen LogP contribution in [0.3, 0.4) is 0 Å². The minimum atomic E-state index is 0.143. The summed E-state index contributed by atoms with van der Waals surface area (Å²) < 4.78 is 1.91. The van der Waals surface area contributed by atoms with Crippen LogP contribution in [0.5, 0.6) is 0 Å². The molecule has 0 aromatic carbocycles. The van der Waals surface area contributed by atoms with Crippen LogP contribution in [0.15, 0.2) is 6.20 Å². The van der Waals surface area contributed by atoms with Gasteiger partial charge in [0.05, 0.1) is 5.69 Å². The summed E-state index contributed by atoms with van der Waals surface area (Å²) in [4.78, 5) is 0. The smallest absolute Gasteiger partial charge is 0.0710 e. The Kier molecular flexibility index (Phi) is 3.32. The highest BCUT2D eigenvalue weighted by molar-refractivity contribution is 5.24. The molecule has 0 spiro atoms. The van der Waals surface area contributed by atoms with Crippen LogP contribution in [0.1, 0.15) is 32.0 Å². The summed E-state index contributed by atoms with van der Waals surface area (Å²) in [5, 5.41) is 7.69. The molecule has 3 heteroatoms. The lowest BCUT2D eigenvalue weighted by atomic mass is 9.89. The SMILES string of the molecule is CNCCc1cn(C)nc1C(C)(C)C. The van der Waals surface area contributed by atoms with Gasteiger partial charge < -0.3 is 5.32 Å². The third-order valence-corrected chi connectivity index (χ3v) is 2.26. The summed E-state index contributed by atoms with van der Waals surface area (Å²) in [7, 11) is 3.96. The van der Waals surface area contributed by atoms with Crippen molar-refractivity contribution in [3.05, 3.63) is 17.5 Å². The molecule has 80 valence electrons. The molecular weight excluding hydrogens is 174 g/mol. The molecule has 1 N–H and O–H groups in total. The van der Waals surface area contributed by atoms with Crippen molar-refractivity contribution < 1.29 is 0 Å². The Hall–Kier alpha value is -0.830. The molecule has 1 heterocycles. The number of aryl methyl sites for hydroxylation is 1. The van der Waals surface area contributed by atoms with Gasteiger partial charge in [-0.25, -0.2) is 0 Å². The Morgan fingerprint density at radius 2 is 2.07 bits per heavy atom. The molecule has 0 aliphatic rings. The monoisotopic (exact) mass is 195 g/mol. The molecule has 0 aliphatic heterocycles. The maximum Gasteiger partial charge on any atom is 0.0710 e. The summed E-state index contributed by atoms with van der Waals surface area (Å²) in [5.74, 6) is 0. The number of hydrogen-bond acceptors (Lipinski definition) is 2. The highest BCUT2D eigenvalue weighted by atomic mass is 15.3. The first kappa shape index (κ1) is 11.2. The Morgan fingerprint density at radius 3 is 2.57 bits per heavy atom. The molecule has 0 aliphatic carbocycles. The Bertz CT molecular complexity index is 294. The Balaban J connectivity index is 2.91. The molecule has 1 aromatic heterocycles. The fraction of sp³-hybridized carbons (Fsp3) is 0.727. The highest BCUT2D eigenvalue weighted by Gasteiger charge is 2.21. The molecule has 0 unspecified atom stereocenters. The van der Waals surface area contributed by atoms with E-state index in [9.17, 15) is 0 Å². The number of nitrogens with one attached hydrogen (secondary N) is 1. The first-order valence-corrected chi connectivity index (χ1v) is 5.12. The van der Waals surface area contributed by atoms with Gasteiger partial charge in [0, 0.05) is 18.7 Å². The average molecular weight is 195 g/mol. The van der Waals surface area contributed by atoms with Gasteiger partial charge in [-0.2, -0.15) is 5.10 Å². The standard InChI is InChI=1S/C11H21N3/c1-11(2,3)10-9(6-7-12-4)8-14(5)13-10/h8,12H,6-7H2,1-5H3. The zero-order valence-electron chi connectivity index (χ0n) is 9.89. The third-order valence-electron chi connectivity index (χ3n) is 2.26. The number of likely N-dealkylation sites (N-methyl/N-ethyl adjacent to an activating group) is 1. The van der Waals surface area contributed by atoms with Crippen molar-refractivity contribution in [1.29, 1.82) is 0 Å². The van der Waals surface area contributed by atoms with E-state index in [1.807, 2.05) is 18.8 Å². The van der Waals surface area contributed by atoms with Crippen molar-refractivity contribution in [2.45, 2.75) is 32.6 Å². The topological polar surface area (TPSA) is 29.9 Å². The number of hydrogen-bond donors (Lipinski definition) is 1. The molecule has 0 atom stereocenters. The molecule has 14 heavy (non-hydrogen) atoms. The van der Waals surface area contributed by atoms with Crippen LogP contribution in [0.25, 0.3) is 0 Å². The fourth-order valence-corrected chi connectivity index (χ4v) is 1.61.